The van der Waals surface area contributed by atoms with Crippen molar-refractivity contribution in [2.75, 3.05) is 11.1 Å². The van der Waals surface area contributed by atoms with Crippen LogP contribution in [0.25, 0.3) is 0 Å². The number of hydrogen-bond donors (Lipinski definition) is 2. The van der Waals surface area contributed by atoms with Crippen molar-refractivity contribution >= 4 is 11.4 Å². The van der Waals surface area contributed by atoms with E-state index in [1.807, 2.05) is 6.92 Å². The van der Waals surface area contributed by atoms with Gasteiger partial charge in [-0.15, -0.1) is 0 Å². The van der Waals surface area contributed by atoms with Gasteiger partial charge in [0.15, 0.2) is 0 Å². The van der Waals surface area contributed by atoms with E-state index in [9.17, 15) is 13.2 Å². The average molecular weight is 258 g/mol. The van der Waals surface area contributed by atoms with E-state index in [1.54, 1.807) is 0 Å². The predicted molar refractivity (Wildman–Crippen MR) is 66.3 cm³/mol. The molecule has 100 valence electrons. The number of hydrogen-bond acceptors (Lipinski definition) is 2. The number of alkyl halides is 3. The summed E-state index contributed by atoms with van der Waals surface area (Å²) >= 11 is 0. The summed E-state index contributed by atoms with van der Waals surface area (Å²) in [5.41, 5.74) is 5.69. The Bertz CT molecular complexity index is 425. The third-order valence-electron chi connectivity index (χ3n) is 3.62. The highest BCUT2D eigenvalue weighted by Crippen LogP contribution is 2.35. The highest BCUT2D eigenvalue weighted by molar-refractivity contribution is 5.67. The van der Waals surface area contributed by atoms with Crippen LogP contribution in [0.4, 0.5) is 24.5 Å². The number of nitrogens with two attached hydrogens (primary N) is 1. The van der Waals surface area contributed by atoms with Crippen molar-refractivity contribution < 1.29 is 13.2 Å². The van der Waals surface area contributed by atoms with Crippen molar-refractivity contribution in [1.82, 2.24) is 0 Å². The lowest BCUT2D eigenvalue weighted by Crippen LogP contribution is -2.31. The monoisotopic (exact) mass is 258 g/mol. The fourth-order valence-electron chi connectivity index (χ4n) is 2.17. The van der Waals surface area contributed by atoms with E-state index in [4.69, 9.17) is 5.73 Å². The summed E-state index contributed by atoms with van der Waals surface area (Å²) in [6, 6.07) is 3.70. The Morgan fingerprint density at radius 1 is 1.33 bits per heavy atom. The Kier molecular flexibility index (Phi) is 3.41. The second-order valence-corrected chi connectivity index (χ2v) is 4.92. The van der Waals surface area contributed by atoms with Crippen LogP contribution in [-0.4, -0.2) is 6.04 Å². The zero-order chi connectivity index (χ0) is 13.3. The van der Waals surface area contributed by atoms with Gasteiger partial charge in [0.25, 0.3) is 0 Å². The van der Waals surface area contributed by atoms with E-state index >= 15 is 0 Å². The molecule has 0 aliphatic heterocycles. The Morgan fingerprint density at radius 2 is 2.00 bits per heavy atom. The van der Waals surface area contributed by atoms with Crippen molar-refractivity contribution in [2.24, 2.45) is 5.92 Å². The van der Waals surface area contributed by atoms with Crippen molar-refractivity contribution in [3.05, 3.63) is 23.8 Å². The SMILES string of the molecule is CC(Nc1ccc(C(F)(F)F)cc1N)C1CCC1. The zero-order valence-electron chi connectivity index (χ0n) is 10.2. The molecule has 1 aromatic rings. The highest BCUT2D eigenvalue weighted by atomic mass is 19.4. The van der Waals surface area contributed by atoms with Gasteiger partial charge in [-0.25, -0.2) is 0 Å². The van der Waals surface area contributed by atoms with Crippen LogP contribution in [0.2, 0.25) is 0 Å². The van der Waals surface area contributed by atoms with Gasteiger partial charge in [0, 0.05) is 6.04 Å². The van der Waals surface area contributed by atoms with Crippen LogP contribution in [0.15, 0.2) is 18.2 Å². The molecule has 1 saturated carbocycles. The van der Waals surface area contributed by atoms with Gasteiger partial charge in [0.2, 0.25) is 0 Å². The highest BCUT2D eigenvalue weighted by Gasteiger charge is 2.31. The molecule has 1 aromatic carbocycles. The molecule has 0 spiro atoms. The minimum absolute atomic E-state index is 0.149. The number of benzene rings is 1. The maximum Gasteiger partial charge on any atom is 0.416 e. The largest absolute Gasteiger partial charge is 0.416 e. The first kappa shape index (κ1) is 13.1. The fraction of sp³-hybridized carbons (Fsp3) is 0.538. The summed E-state index contributed by atoms with van der Waals surface area (Å²) < 4.78 is 37.4. The molecule has 1 fully saturated rings. The summed E-state index contributed by atoms with van der Waals surface area (Å²) in [7, 11) is 0. The summed E-state index contributed by atoms with van der Waals surface area (Å²) in [6.45, 7) is 2.04. The van der Waals surface area contributed by atoms with Crippen LogP contribution in [0.3, 0.4) is 0 Å². The molecule has 0 heterocycles. The lowest BCUT2D eigenvalue weighted by atomic mass is 9.80. The lowest BCUT2D eigenvalue weighted by molar-refractivity contribution is -0.137. The normalized spacial score (nSPS) is 18.2. The van der Waals surface area contributed by atoms with Gasteiger partial charge in [-0.1, -0.05) is 6.42 Å². The Morgan fingerprint density at radius 3 is 2.44 bits per heavy atom. The molecular weight excluding hydrogens is 241 g/mol. The molecular formula is C13H17F3N2. The second kappa shape index (κ2) is 4.71. The van der Waals surface area contributed by atoms with E-state index in [1.165, 1.54) is 25.3 Å². The van der Waals surface area contributed by atoms with Crippen LogP contribution in [0, 0.1) is 5.92 Å². The van der Waals surface area contributed by atoms with Gasteiger partial charge < -0.3 is 11.1 Å². The number of rotatable bonds is 3. The Hall–Kier alpha value is -1.39. The molecule has 0 saturated heterocycles. The van der Waals surface area contributed by atoms with Crippen LogP contribution in [0.5, 0.6) is 0 Å². The minimum Gasteiger partial charge on any atom is -0.397 e. The molecule has 18 heavy (non-hydrogen) atoms. The van der Waals surface area contributed by atoms with E-state index in [-0.39, 0.29) is 11.7 Å². The zero-order valence-corrected chi connectivity index (χ0v) is 10.2. The minimum atomic E-state index is -4.34. The molecule has 5 heteroatoms. The Labute approximate surface area is 104 Å². The maximum absolute atomic E-state index is 12.5. The van der Waals surface area contributed by atoms with E-state index in [0.717, 1.165) is 12.1 Å². The fourth-order valence-corrected chi connectivity index (χ4v) is 2.17. The van der Waals surface area contributed by atoms with E-state index in [0.29, 0.717) is 11.6 Å². The summed E-state index contributed by atoms with van der Waals surface area (Å²) in [6.07, 6.45) is -0.755. The molecule has 1 unspecified atom stereocenters. The molecule has 0 bridgehead atoms. The smallest absolute Gasteiger partial charge is 0.397 e. The van der Waals surface area contributed by atoms with Gasteiger partial charge in [-0.3, -0.25) is 0 Å². The van der Waals surface area contributed by atoms with Crippen molar-refractivity contribution in [2.45, 2.75) is 38.4 Å². The average Bonchev–Trinajstić information content (AvgIpc) is 2.16. The lowest BCUT2D eigenvalue weighted by Gasteiger charge is -2.32. The number of nitrogen functional groups attached to an aromatic ring is 1. The van der Waals surface area contributed by atoms with E-state index < -0.39 is 11.7 Å². The van der Waals surface area contributed by atoms with Crippen molar-refractivity contribution in [3.63, 3.8) is 0 Å². The summed E-state index contributed by atoms with van der Waals surface area (Å²) in [5, 5.41) is 3.20. The summed E-state index contributed by atoms with van der Waals surface area (Å²) in [4.78, 5) is 0. The third-order valence-corrected chi connectivity index (χ3v) is 3.62. The van der Waals surface area contributed by atoms with Gasteiger partial charge in [-0.2, -0.15) is 13.2 Å². The van der Waals surface area contributed by atoms with E-state index in [2.05, 4.69) is 5.32 Å². The first-order chi connectivity index (χ1) is 8.38. The predicted octanol–water partition coefficient (Wildman–Crippen LogP) is 3.89. The first-order valence-electron chi connectivity index (χ1n) is 6.11. The first-order valence-corrected chi connectivity index (χ1v) is 6.11. The second-order valence-electron chi connectivity index (χ2n) is 4.92. The van der Waals surface area contributed by atoms with Crippen LogP contribution in [-0.2, 0) is 6.18 Å². The van der Waals surface area contributed by atoms with Crippen LogP contribution >= 0.6 is 0 Å². The topological polar surface area (TPSA) is 38.0 Å². The number of halogens is 3. The third kappa shape index (κ3) is 2.71. The molecule has 1 aliphatic rings. The molecule has 2 nitrogen and oxygen atoms in total. The summed E-state index contributed by atoms with van der Waals surface area (Å²) in [5.74, 6) is 0.603. The number of anilines is 2. The quantitative estimate of drug-likeness (QED) is 0.807. The molecule has 0 radical (unpaired) electrons. The van der Waals surface area contributed by atoms with Gasteiger partial charge >= 0.3 is 6.18 Å². The van der Waals surface area contributed by atoms with Crippen LogP contribution in [0.1, 0.15) is 31.7 Å². The van der Waals surface area contributed by atoms with Crippen LogP contribution < -0.4 is 11.1 Å². The molecule has 1 atom stereocenters. The standard InChI is InChI=1S/C13H17F3N2/c1-8(9-3-2-4-9)18-12-6-5-10(7-11(12)17)13(14,15)16/h5-9,18H,2-4,17H2,1H3. The molecule has 0 amide bonds. The molecule has 2 rings (SSSR count). The van der Waals surface area contributed by atoms with Crippen molar-refractivity contribution in [1.29, 1.82) is 0 Å². The van der Waals surface area contributed by atoms with Gasteiger partial charge in [0.1, 0.15) is 0 Å². The Balaban J connectivity index is 2.09. The molecule has 1 aliphatic carbocycles. The molecule has 3 N–H and O–H groups in total. The van der Waals surface area contributed by atoms with Gasteiger partial charge in [0.05, 0.1) is 16.9 Å². The van der Waals surface area contributed by atoms with Gasteiger partial charge in [-0.05, 0) is 43.9 Å². The molecule has 0 aromatic heterocycles. The van der Waals surface area contributed by atoms with Crippen molar-refractivity contribution in [3.8, 4) is 0 Å². The number of nitrogens with one attached hydrogen (secondary N) is 1. The maximum atomic E-state index is 12.5.